The fourth-order valence-electron chi connectivity index (χ4n) is 2.12. The van der Waals surface area contributed by atoms with E-state index in [4.69, 9.17) is 4.42 Å². The molecule has 4 aromatic heterocycles. The summed E-state index contributed by atoms with van der Waals surface area (Å²) in [7, 11) is 0. The van der Waals surface area contributed by atoms with Gasteiger partial charge in [0.15, 0.2) is 5.82 Å². The van der Waals surface area contributed by atoms with Crippen LogP contribution in [0.4, 0.5) is 0 Å². The van der Waals surface area contributed by atoms with Gasteiger partial charge in [-0.15, -0.1) is 16.4 Å². The van der Waals surface area contributed by atoms with Crippen molar-refractivity contribution in [3.8, 4) is 0 Å². The van der Waals surface area contributed by atoms with Crippen LogP contribution in [0.2, 0.25) is 0 Å². The topological polar surface area (TPSA) is 60.4 Å². The molecule has 0 atom stereocenters. The molecule has 0 saturated heterocycles. The van der Waals surface area contributed by atoms with Crippen molar-refractivity contribution in [1.29, 1.82) is 0 Å². The van der Waals surface area contributed by atoms with E-state index in [1.165, 1.54) is 15.9 Å². The Bertz CT molecular complexity index is 1100. The summed E-state index contributed by atoms with van der Waals surface area (Å²) in [6, 6.07) is 7.69. The van der Waals surface area contributed by atoms with Gasteiger partial charge in [-0.2, -0.15) is 9.50 Å². The maximum absolute atomic E-state index is 12.4. The first-order chi connectivity index (χ1) is 11.2. The zero-order valence-electron chi connectivity index (χ0n) is 12.1. The van der Waals surface area contributed by atoms with E-state index in [2.05, 4.69) is 10.1 Å². The minimum atomic E-state index is -0.178. The normalized spacial score (nSPS) is 12.8. The summed E-state index contributed by atoms with van der Waals surface area (Å²) in [6.45, 7) is 1.87. The molecule has 0 radical (unpaired) electrons. The summed E-state index contributed by atoms with van der Waals surface area (Å²) in [6.07, 6.45) is 5.47. The molecule has 0 unspecified atom stereocenters. The maximum Gasteiger partial charge on any atom is 0.291 e. The van der Waals surface area contributed by atoms with Gasteiger partial charge in [-0.1, -0.05) is 17.4 Å². The predicted octanol–water partition coefficient (Wildman–Crippen LogP) is 2.83. The molecule has 0 spiro atoms. The Labute approximate surface area is 138 Å². The van der Waals surface area contributed by atoms with Crippen LogP contribution in [0.3, 0.4) is 0 Å². The van der Waals surface area contributed by atoms with Crippen LogP contribution in [0.25, 0.3) is 23.2 Å². The van der Waals surface area contributed by atoms with Crippen LogP contribution in [0.5, 0.6) is 0 Å². The van der Waals surface area contributed by atoms with Crippen LogP contribution in [-0.2, 0) is 0 Å². The van der Waals surface area contributed by atoms with Crippen molar-refractivity contribution < 1.29 is 4.42 Å². The highest BCUT2D eigenvalue weighted by Crippen LogP contribution is 2.13. The van der Waals surface area contributed by atoms with Gasteiger partial charge in [-0.05, 0) is 42.7 Å². The molecule has 23 heavy (non-hydrogen) atoms. The van der Waals surface area contributed by atoms with E-state index in [9.17, 15) is 4.79 Å². The lowest BCUT2D eigenvalue weighted by molar-refractivity contribution is 0.525. The Morgan fingerprint density at radius 2 is 2.17 bits per heavy atom. The lowest BCUT2D eigenvalue weighted by atomic mass is 10.4. The van der Waals surface area contributed by atoms with Crippen LogP contribution in [0.1, 0.15) is 22.2 Å². The summed E-state index contributed by atoms with van der Waals surface area (Å²) in [5.74, 6) is 1.99. The average Bonchev–Trinajstić information content (AvgIpc) is 3.27. The number of thiazole rings is 1. The average molecular weight is 341 g/mol. The van der Waals surface area contributed by atoms with Crippen molar-refractivity contribution >= 4 is 45.9 Å². The molecule has 0 saturated carbocycles. The van der Waals surface area contributed by atoms with Crippen LogP contribution in [0, 0.1) is 6.92 Å². The highest BCUT2D eigenvalue weighted by Gasteiger charge is 2.09. The standard InChI is InChI=1S/C16H11N3O2S2/c1-10-4-5-11(21-10)9-13-15(20)19-16(23-13)17-14(18-19)7-6-12-3-2-8-22-12/h2-9H,1H3/b7-6+,13-9+. The zero-order chi connectivity index (χ0) is 15.8. The summed E-state index contributed by atoms with van der Waals surface area (Å²) in [5, 5.41) is 6.26. The first-order valence-corrected chi connectivity index (χ1v) is 8.58. The second-order valence-corrected chi connectivity index (χ2v) is 6.87. The molecule has 5 nitrogen and oxygen atoms in total. The van der Waals surface area contributed by atoms with Crippen molar-refractivity contribution in [2.45, 2.75) is 6.92 Å². The van der Waals surface area contributed by atoms with Crippen LogP contribution >= 0.6 is 22.7 Å². The summed E-state index contributed by atoms with van der Waals surface area (Å²) < 4.78 is 7.36. The van der Waals surface area contributed by atoms with Gasteiger partial charge in [0.2, 0.25) is 4.96 Å². The quantitative estimate of drug-likeness (QED) is 0.575. The minimum Gasteiger partial charge on any atom is -0.462 e. The first kappa shape index (κ1) is 14.1. The van der Waals surface area contributed by atoms with Gasteiger partial charge in [-0.3, -0.25) is 4.79 Å². The van der Waals surface area contributed by atoms with Gasteiger partial charge in [0.05, 0.1) is 0 Å². The summed E-state index contributed by atoms with van der Waals surface area (Å²) >= 11 is 2.94. The number of fused-ring (bicyclic) bond motifs is 1. The van der Waals surface area contributed by atoms with Gasteiger partial charge < -0.3 is 4.42 Å². The Balaban J connectivity index is 1.72. The lowest BCUT2D eigenvalue weighted by Gasteiger charge is -1.83. The molecule has 0 aliphatic carbocycles. The third-order valence-corrected chi connectivity index (χ3v) is 4.97. The molecule has 0 aliphatic heterocycles. The molecule has 0 N–H and O–H groups in total. The van der Waals surface area contributed by atoms with Crippen molar-refractivity contribution in [1.82, 2.24) is 14.6 Å². The third-order valence-electron chi connectivity index (χ3n) is 3.17. The van der Waals surface area contributed by atoms with Crippen LogP contribution < -0.4 is 10.1 Å². The number of aromatic nitrogens is 3. The molecule has 0 bridgehead atoms. The van der Waals surface area contributed by atoms with E-state index in [0.29, 0.717) is 21.1 Å². The third kappa shape index (κ3) is 2.76. The number of hydrogen-bond donors (Lipinski definition) is 0. The van der Waals surface area contributed by atoms with Gasteiger partial charge in [0.25, 0.3) is 5.56 Å². The predicted molar refractivity (Wildman–Crippen MR) is 92.6 cm³/mol. The number of furan rings is 1. The van der Waals surface area contributed by atoms with E-state index in [-0.39, 0.29) is 5.56 Å². The van der Waals surface area contributed by atoms with E-state index in [1.807, 2.05) is 48.7 Å². The number of nitrogens with zero attached hydrogens (tertiary/aromatic N) is 3. The minimum absolute atomic E-state index is 0.178. The molecule has 114 valence electrons. The molecule has 4 heterocycles. The Hall–Kier alpha value is -2.51. The van der Waals surface area contributed by atoms with Gasteiger partial charge >= 0.3 is 0 Å². The smallest absolute Gasteiger partial charge is 0.291 e. The van der Waals surface area contributed by atoms with Gasteiger partial charge in [0, 0.05) is 11.0 Å². The van der Waals surface area contributed by atoms with E-state index in [1.54, 1.807) is 17.4 Å². The van der Waals surface area contributed by atoms with Crippen molar-refractivity contribution in [3.63, 3.8) is 0 Å². The fourth-order valence-corrected chi connectivity index (χ4v) is 3.64. The summed E-state index contributed by atoms with van der Waals surface area (Å²) in [5.41, 5.74) is -0.178. The molecule has 4 aromatic rings. The molecule has 4 rings (SSSR count). The molecule has 0 fully saturated rings. The van der Waals surface area contributed by atoms with Crippen LogP contribution in [0.15, 0.2) is 38.9 Å². The second kappa shape index (κ2) is 5.60. The summed E-state index contributed by atoms with van der Waals surface area (Å²) in [4.78, 5) is 18.4. The SMILES string of the molecule is Cc1ccc(/C=c2/sc3nc(/C=C/c4cccs4)nn3c2=O)o1. The first-order valence-electron chi connectivity index (χ1n) is 6.88. The van der Waals surface area contributed by atoms with Crippen molar-refractivity contribution in [2.75, 3.05) is 0 Å². The number of thiophene rings is 1. The van der Waals surface area contributed by atoms with E-state index >= 15 is 0 Å². The molecule has 0 aromatic carbocycles. The second-order valence-electron chi connectivity index (χ2n) is 4.88. The fraction of sp³-hybridized carbons (Fsp3) is 0.0625. The van der Waals surface area contributed by atoms with Gasteiger partial charge in [-0.25, -0.2) is 0 Å². The highest BCUT2D eigenvalue weighted by atomic mass is 32.1. The Kier molecular flexibility index (Phi) is 3.44. The molecule has 0 aliphatic rings. The zero-order valence-corrected chi connectivity index (χ0v) is 13.7. The molecular weight excluding hydrogens is 330 g/mol. The number of aryl methyl sites for hydroxylation is 1. The monoisotopic (exact) mass is 341 g/mol. The van der Waals surface area contributed by atoms with Gasteiger partial charge in [0.1, 0.15) is 16.1 Å². The molecular formula is C16H11N3O2S2. The van der Waals surface area contributed by atoms with Crippen LogP contribution in [-0.4, -0.2) is 14.6 Å². The van der Waals surface area contributed by atoms with Crippen molar-refractivity contribution in [2.24, 2.45) is 0 Å². The Morgan fingerprint density at radius 1 is 1.26 bits per heavy atom. The largest absolute Gasteiger partial charge is 0.462 e. The maximum atomic E-state index is 12.4. The van der Waals surface area contributed by atoms with E-state index in [0.717, 1.165) is 10.6 Å². The molecule has 0 amide bonds. The van der Waals surface area contributed by atoms with Crippen molar-refractivity contribution in [3.05, 3.63) is 66.8 Å². The number of hydrogen-bond acceptors (Lipinski definition) is 6. The molecule has 7 heteroatoms. The number of rotatable bonds is 3. The highest BCUT2D eigenvalue weighted by molar-refractivity contribution is 7.15. The van der Waals surface area contributed by atoms with E-state index < -0.39 is 0 Å². The Morgan fingerprint density at radius 3 is 2.87 bits per heavy atom. The lowest BCUT2D eigenvalue weighted by Crippen LogP contribution is -2.23.